The third-order valence-electron chi connectivity index (χ3n) is 4.62. The second-order valence-corrected chi connectivity index (χ2v) is 6.32. The van der Waals surface area contributed by atoms with Crippen molar-refractivity contribution < 1.29 is 4.74 Å². The molecule has 2 fully saturated rings. The number of hydrogen-bond acceptors (Lipinski definition) is 3. The molecule has 0 aromatic heterocycles. The van der Waals surface area contributed by atoms with E-state index in [0.717, 1.165) is 19.2 Å². The fourth-order valence-corrected chi connectivity index (χ4v) is 3.53. The van der Waals surface area contributed by atoms with E-state index in [1.807, 2.05) is 0 Å². The molecule has 0 saturated heterocycles. The third kappa shape index (κ3) is 2.83. The van der Waals surface area contributed by atoms with E-state index in [2.05, 4.69) is 31.1 Å². The van der Waals surface area contributed by atoms with Crippen molar-refractivity contribution in [1.29, 1.82) is 0 Å². The maximum absolute atomic E-state index is 5.27. The highest BCUT2D eigenvalue weighted by atomic mass is 16.5. The lowest BCUT2D eigenvalue weighted by atomic mass is 9.86. The molecule has 0 heterocycles. The molecule has 2 unspecified atom stereocenters. The van der Waals surface area contributed by atoms with Gasteiger partial charge in [-0.2, -0.15) is 0 Å². The van der Waals surface area contributed by atoms with Crippen LogP contribution in [0.2, 0.25) is 0 Å². The van der Waals surface area contributed by atoms with Crippen LogP contribution in [-0.2, 0) is 4.74 Å². The van der Waals surface area contributed by atoms with Crippen LogP contribution in [0.3, 0.4) is 0 Å². The van der Waals surface area contributed by atoms with Gasteiger partial charge in [-0.1, -0.05) is 13.8 Å². The van der Waals surface area contributed by atoms with Gasteiger partial charge < -0.3 is 10.1 Å². The smallest absolute Gasteiger partial charge is 0.0589 e. The number of ether oxygens (including phenoxy) is 1. The third-order valence-corrected chi connectivity index (χ3v) is 4.62. The van der Waals surface area contributed by atoms with Gasteiger partial charge in [0.15, 0.2) is 0 Å². The van der Waals surface area contributed by atoms with Gasteiger partial charge in [-0.25, -0.2) is 0 Å². The Balaban J connectivity index is 2.02. The molecule has 0 amide bonds. The molecule has 100 valence electrons. The zero-order valence-corrected chi connectivity index (χ0v) is 11.8. The molecule has 3 nitrogen and oxygen atoms in total. The highest BCUT2D eigenvalue weighted by molar-refractivity contribution is 5.03. The van der Waals surface area contributed by atoms with Crippen molar-refractivity contribution in [3.05, 3.63) is 0 Å². The molecule has 2 aliphatic rings. The number of nitrogens with zero attached hydrogens (tertiary/aromatic N) is 1. The Bertz CT molecular complexity index is 251. The van der Waals surface area contributed by atoms with Crippen molar-refractivity contribution in [2.45, 2.75) is 57.7 Å². The fraction of sp³-hybridized carbons (Fsp3) is 1.00. The minimum absolute atomic E-state index is 0.430. The van der Waals surface area contributed by atoms with E-state index < -0.39 is 0 Å². The van der Waals surface area contributed by atoms with Crippen LogP contribution >= 0.6 is 0 Å². The molecule has 1 N–H and O–H groups in total. The first kappa shape index (κ1) is 13.3. The second kappa shape index (κ2) is 5.25. The topological polar surface area (TPSA) is 24.5 Å². The predicted molar refractivity (Wildman–Crippen MR) is 71.3 cm³/mol. The summed E-state index contributed by atoms with van der Waals surface area (Å²) in [6.07, 6.45) is 5.44. The predicted octanol–water partition coefficient (Wildman–Crippen LogP) is 1.87. The van der Waals surface area contributed by atoms with E-state index in [9.17, 15) is 0 Å². The first-order valence-electron chi connectivity index (χ1n) is 7.02. The van der Waals surface area contributed by atoms with E-state index >= 15 is 0 Å². The van der Waals surface area contributed by atoms with Crippen molar-refractivity contribution >= 4 is 0 Å². The molecule has 0 bridgehead atoms. The lowest BCUT2D eigenvalue weighted by Crippen LogP contribution is -2.52. The number of hydrogen-bond donors (Lipinski definition) is 1. The summed E-state index contributed by atoms with van der Waals surface area (Å²) in [6.45, 7) is 6.76. The van der Waals surface area contributed by atoms with Crippen molar-refractivity contribution in [2.75, 3.05) is 27.3 Å². The van der Waals surface area contributed by atoms with E-state index in [4.69, 9.17) is 4.74 Å². The summed E-state index contributed by atoms with van der Waals surface area (Å²) >= 11 is 0. The fourth-order valence-electron chi connectivity index (χ4n) is 3.53. The van der Waals surface area contributed by atoms with Gasteiger partial charge in [0, 0.05) is 31.8 Å². The van der Waals surface area contributed by atoms with Crippen molar-refractivity contribution in [1.82, 2.24) is 10.2 Å². The van der Waals surface area contributed by atoms with Gasteiger partial charge in [-0.15, -0.1) is 0 Å². The number of likely N-dealkylation sites (N-methyl/N-ethyl adjacent to an activating group) is 1. The average molecular weight is 240 g/mol. The molecule has 2 aliphatic carbocycles. The average Bonchev–Trinajstić information content (AvgIpc) is 3.05. The molecule has 2 rings (SSSR count). The Morgan fingerprint density at radius 1 is 1.29 bits per heavy atom. The minimum atomic E-state index is 0.430. The Hall–Kier alpha value is -0.120. The largest absolute Gasteiger partial charge is 0.383 e. The highest BCUT2D eigenvalue weighted by Gasteiger charge is 2.46. The summed E-state index contributed by atoms with van der Waals surface area (Å²) in [5.74, 6) is 0. The normalized spacial score (nSPS) is 32.3. The molecule has 3 heteroatoms. The van der Waals surface area contributed by atoms with Crippen LogP contribution in [0, 0.1) is 5.41 Å². The van der Waals surface area contributed by atoms with E-state index in [1.54, 1.807) is 7.11 Å². The first-order chi connectivity index (χ1) is 8.10. The summed E-state index contributed by atoms with van der Waals surface area (Å²) in [4.78, 5) is 2.71. The van der Waals surface area contributed by atoms with Gasteiger partial charge in [0.1, 0.15) is 0 Å². The lowest BCUT2D eigenvalue weighted by molar-refractivity contribution is 0.0945. The number of methoxy groups -OCH3 is 1. The van der Waals surface area contributed by atoms with Gasteiger partial charge in [-0.3, -0.25) is 4.90 Å². The van der Waals surface area contributed by atoms with Gasteiger partial charge in [0.05, 0.1) is 6.61 Å². The quantitative estimate of drug-likeness (QED) is 0.767. The Morgan fingerprint density at radius 3 is 2.53 bits per heavy atom. The van der Waals surface area contributed by atoms with Crippen LogP contribution in [0.1, 0.15) is 39.5 Å². The van der Waals surface area contributed by atoms with Crippen LogP contribution in [0.4, 0.5) is 0 Å². The molecule has 0 aromatic carbocycles. The molecule has 0 aliphatic heterocycles. The standard InChI is InChI=1S/C14H28N2O/c1-14(2)8-7-12(13(14)15-3)16(9-10-17-4)11-5-6-11/h11-13,15H,5-10H2,1-4H3. The minimum Gasteiger partial charge on any atom is -0.383 e. The van der Waals surface area contributed by atoms with Gasteiger partial charge in [0.25, 0.3) is 0 Å². The van der Waals surface area contributed by atoms with Crippen LogP contribution in [-0.4, -0.2) is 50.3 Å². The number of nitrogens with one attached hydrogen (secondary N) is 1. The van der Waals surface area contributed by atoms with Crippen molar-refractivity contribution in [2.24, 2.45) is 5.41 Å². The second-order valence-electron chi connectivity index (χ2n) is 6.32. The molecule has 2 atom stereocenters. The van der Waals surface area contributed by atoms with E-state index in [-0.39, 0.29) is 0 Å². The van der Waals surface area contributed by atoms with Crippen LogP contribution in [0.15, 0.2) is 0 Å². The summed E-state index contributed by atoms with van der Waals surface area (Å²) in [6, 6.07) is 2.16. The van der Waals surface area contributed by atoms with Crippen molar-refractivity contribution in [3.63, 3.8) is 0 Å². The summed E-state index contributed by atoms with van der Waals surface area (Å²) < 4.78 is 5.27. The Kier molecular flexibility index (Phi) is 4.11. The molecule has 0 radical (unpaired) electrons. The monoisotopic (exact) mass is 240 g/mol. The zero-order chi connectivity index (χ0) is 12.5. The van der Waals surface area contributed by atoms with Crippen molar-refractivity contribution in [3.8, 4) is 0 Å². The zero-order valence-electron chi connectivity index (χ0n) is 11.8. The maximum atomic E-state index is 5.27. The molecule has 0 aromatic rings. The molecule has 0 spiro atoms. The molecule has 2 saturated carbocycles. The Labute approximate surface area is 106 Å². The summed E-state index contributed by atoms with van der Waals surface area (Å²) in [7, 11) is 3.92. The van der Waals surface area contributed by atoms with E-state index in [1.165, 1.54) is 25.7 Å². The van der Waals surface area contributed by atoms with Crippen LogP contribution in [0.25, 0.3) is 0 Å². The molecule has 17 heavy (non-hydrogen) atoms. The van der Waals surface area contributed by atoms with Gasteiger partial charge >= 0.3 is 0 Å². The van der Waals surface area contributed by atoms with Crippen LogP contribution in [0.5, 0.6) is 0 Å². The first-order valence-corrected chi connectivity index (χ1v) is 7.02. The highest BCUT2D eigenvalue weighted by Crippen LogP contribution is 2.42. The van der Waals surface area contributed by atoms with Crippen LogP contribution < -0.4 is 5.32 Å². The number of rotatable bonds is 6. The van der Waals surface area contributed by atoms with Gasteiger partial charge in [-0.05, 0) is 38.1 Å². The molecular formula is C14H28N2O. The molecular weight excluding hydrogens is 212 g/mol. The van der Waals surface area contributed by atoms with Gasteiger partial charge in [0.2, 0.25) is 0 Å². The SMILES string of the molecule is CNC1C(N(CCOC)C2CC2)CCC1(C)C. The Morgan fingerprint density at radius 2 is 2.00 bits per heavy atom. The van der Waals surface area contributed by atoms with E-state index in [0.29, 0.717) is 17.5 Å². The lowest BCUT2D eigenvalue weighted by Gasteiger charge is -2.37. The summed E-state index contributed by atoms with van der Waals surface area (Å²) in [5.41, 5.74) is 0.430. The maximum Gasteiger partial charge on any atom is 0.0589 e. The summed E-state index contributed by atoms with van der Waals surface area (Å²) in [5, 5.41) is 3.56.